The number of carbonyl (C=O) groups is 1. The molecule has 1 amide bonds. The van der Waals surface area contributed by atoms with Crippen LogP contribution in [0.4, 0.5) is 23.1 Å². The van der Waals surface area contributed by atoms with E-state index in [0.29, 0.717) is 35.8 Å². The number of hydrogen-bond donors (Lipinski definition) is 2. The van der Waals surface area contributed by atoms with Crippen molar-refractivity contribution in [2.45, 2.75) is 51.5 Å². The van der Waals surface area contributed by atoms with Gasteiger partial charge in [-0.25, -0.2) is 4.98 Å². The number of amides is 1. The van der Waals surface area contributed by atoms with E-state index in [1.807, 2.05) is 4.90 Å². The quantitative estimate of drug-likeness (QED) is 0.504. The number of rotatable bonds is 9. The van der Waals surface area contributed by atoms with Crippen LogP contribution in [0.25, 0.3) is 0 Å². The van der Waals surface area contributed by atoms with E-state index in [9.17, 15) is 4.79 Å². The molecule has 3 fully saturated rings. The average molecular weight is 498 g/mol. The van der Waals surface area contributed by atoms with Gasteiger partial charge in [-0.15, -0.1) is 0 Å². The molecule has 188 valence electrons. The van der Waals surface area contributed by atoms with Crippen molar-refractivity contribution in [2.24, 2.45) is 0 Å². The number of likely N-dealkylation sites (tertiary alicyclic amines) is 1. The lowest BCUT2D eigenvalue weighted by molar-refractivity contribution is -0.127. The highest BCUT2D eigenvalue weighted by molar-refractivity contribution is 6.32. The maximum atomic E-state index is 11.8. The zero-order valence-corrected chi connectivity index (χ0v) is 21.4. The van der Waals surface area contributed by atoms with E-state index < -0.39 is 0 Å². The molecule has 2 aromatic rings. The second kappa shape index (κ2) is 11.0. The third-order valence-electron chi connectivity index (χ3n) is 7.48. The summed E-state index contributed by atoms with van der Waals surface area (Å²) in [7, 11) is 0. The van der Waals surface area contributed by atoms with Crippen molar-refractivity contribution in [3.8, 4) is 0 Å². The Morgan fingerprint density at radius 1 is 1.17 bits per heavy atom. The zero-order chi connectivity index (χ0) is 24.2. The number of fused-ring (bicyclic) bond motifs is 1. The third kappa shape index (κ3) is 5.64. The number of aromatic nitrogens is 2. The van der Waals surface area contributed by atoms with Gasteiger partial charge < -0.3 is 20.4 Å². The van der Waals surface area contributed by atoms with Crippen LogP contribution in [0.5, 0.6) is 0 Å². The fourth-order valence-corrected chi connectivity index (χ4v) is 5.66. The van der Waals surface area contributed by atoms with Gasteiger partial charge in [0.2, 0.25) is 11.9 Å². The highest BCUT2D eigenvalue weighted by Gasteiger charge is 2.30. The van der Waals surface area contributed by atoms with E-state index >= 15 is 0 Å². The molecule has 0 spiro atoms. The van der Waals surface area contributed by atoms with Gasteiger partial charge in [0.25, 0.3) is 0 Å². The minimum absolute atomic E-state index is 0.259. The SMILES string of the molecule is CCc1cc(N2CCN3CCCC3C2)ccc1Nc1ncc(Cl)c(NCCCN2CCCC2=O)n1. The molecule has 2 N–H and O–H groups in total. The van der Waals surface area contributed by atoms with Crippen LogP contribution in [0.15, 0.2) is 24.4 Å². The molecule has 8 nitrogen and oxygen atoms in total. The van der Waals surface area contributed by atoms with E-state index in [4.69, 9.17) is 11.6 Å². The number of halogens is 1. The monoisotopic (exact) mass is 497 g/mol. The van der Waals surface area contributed by atoms with Crippen molar-refractivity contribution in [1.29, 1.82) is 0 Å². The van der Waals surface area contributed by atoms with Crippen LogP contribution in [-0.2, 0) is 11.2 Å². The van der Waals surface area contributed by atoms with E-state index in [-0.39, 0.29) is 5.91 Å². The number of nitrogens with zero attached hydrogens (tertiary/aromatic N) is 5. The number of piperazine rings is 1. The van der Waals surface area contributed by atoms with Gasteiger partial charge in [0, 0.05) is 63.1 Å². The summed E-state index contributed by atoms with van der Waals surface area (Å²) in [5.41, 5.74) is 3.58. The fraction of sp³-hybridized carbons (Fsp3) is 0.577. The Bertz CT molecular complexity index is 1050. The molecule has 0 radical (unpaired) electrons. The minimum atomic E-state index is 0.259. The van der Waals surface area contributed by atoms with Gasteiger partial charge in [-0.1, -0.05) is 18.5 Å². The summed E-state index contributed by atoms with van der Waals surface area (Å²) in [6.45, 7) is 9.15. The molecule has 1 atom stereocenters. The number of carbonyl (C=O) groups excluding carboxylic acids is 1. The Morgan fingerprint density at radius 2 is 2.09 bits per heavy atom. The first-order chi connectivity index (χ1) is 17.1. The Hall–Kier alpha value is -2.58. The average Bonchev–Trinajstić information content (AvgIpc) is 3.52. The number of benzene rings is 1. The molecule has 1 aromatic carbocycles. The molecule has 3 aliphatic rings. The number of anilines is 4. The lowest BCUT2D eigenvalue weighted by atomic mass is 10.1. The van der Waals surface area contributed by atoms with Crippen molar-refractivity contribution < 1.29 is 4.79 Å². The molecule has 3 saturated heterocycles. The summed E-state index contributed by atoms with van der Waals surface area (Å²) >= 11 is 6.34. The summed E-state index contributed by atoms with van der Waals surface area (Å²) in [4.78, 5) is 27.9. The molecule has 35 heavy (non-hydrogen) atoms. The Kier molecular flexibility index (Phi) is 7.58. The zero-order valence-electron chi connectivity index (χ0n) is 20.6. The van der Waals surface area contributed by atoms with E-state index in [1.54, 1.807) is 6.20 Å². The van der Waals surface area contributed by atoms with Gasteiger partial charge in [-0.05, 0) is 62.4 Å². The molecular weight excluding hydrogens is 462 g/mol. The minimum Gasteiger partial charge on any atom is -0.369 e. The van der Waals surface area contributed by atoms with Crippen LogP contribution >= 0.6 is 11.6 Å². The molecule has 1 aromatic heterocycles. The van der Waals surface area contributed by atoms with Gasteiger partial charge in [0.05, 0.1) is 6.20 Å². The Labute approximate surface area is 213 Å². The largest absolute Gasteiger partial charge is 0.369 e. The van der Waals surface area contributed by atoms with E-state index in [0.717, 1.165) is 57.7 Å². The molecule has 9 heteroatoms. The highest BCUT2D eigenvalue weighted by Crippen LogP contribution is 2.30. The van der Waals surface area contributed by atoms with Gasteiger partial charge in [0.1, 0.15) is 10.8 Å². The summed E-state index contributed by atoms with van der Waals surface area (Å²) in [6.07, 6.45) is 7.70. The molecular formula is C26H36ClN7O. The molecule has 0 saturated carbocycles. The van der Waals surface area contributed by atoms with E-state index in [1.165, 1.54) is 30.6 Å². The van der Waals surface area contributed by atoms with E-state index in [2.05, 4.69) is 55.5 Å². The first-order valence-corrected chi connectivity index (χ1v) is 13.4. The predicted molar refractivity (Wildman–Crippen MR) is 142 cm³/mol. The van der Waals surface area contributed by atoms with Crippen molar-refractivity contribution in [3.05, 3.63) is 35.0 Å². The predicted octanol–water partition coefficient (Wildman–Crippen LogP) is 4.14. The number of hydrogen-bond acceptors (Lipinski definition) is 7. The van der Waals surface area contributed by atoms with Gasteiger partial charge in [-0.2, -0.15) is 4.98 Å². The molecule has 3 aliphatic heterocycles. The molecule has 5 rings (SSSR count). The number of nitrogens with one attached hydrogen (secondary N) is 2. The first-order valence-electron chi connectivity index (χ1n) is 13.0. The summed E-state index contributed by atoms with van der Waals surface area (Å²) in [5.74, 6) is 1.39. The lowest BCUT2D eigenvalue weighted by Gasteiger charge is -2.39. The van der Waals surface area contributed by atoms with Crippen LogP contribution in [0, 0.1) is 0 Å². The normalized spacial score (nSPS) is 20.4. The standard InChI is InChI=1S/C26H36ClN7O/c1-2-19-16-20(34-15-14-32-11-3-6-21(32)18-34)8-9-23(19)30-26-29-17-22(27)25(31-26)28-10-5-13-33-12-4-7-24(33)35/h8-9,16-17,21H,2-7,10-15,18H2,1H3,(H2,28,29,30,31). The summed E-state index contributed by atoms with van der Waals surface area (Å²) < 4.78 is 0. The molecule has 4 heterocycles. The van der Waals surface area contributed by atoms with Crippen molar-refractivity contribution >= 4 is 40.6 Å². The van der Waals surface area contributed by atoms with Crippen molar-refractivity contribution in [2.75, 3.05) is 61.3 Å². The highest BCUT2D eigenvalue weighted by atomic mass is 35.5. The second-order valence-electron chi connectivity index (χ2n) is 9.75. The van der Waals surface area contributed by atoms with Crippen LogP contribution in [0.3, 0.4) is 0 Å². The molecule has 1 unspecified atom stereocenters. The summed E-state index contributed by atoms with van der Waals surface area (Å²) in [5, 5.41) is 7.19. The Morgan fingerprint density at radius 3 is 2.91 bits per heavy atom. The van der Waals surface area contributed by atoms with Crippen LogP contribution < -0.4 is 15.5 Å². The maximum Gasteiger partial charge on any atom is 0.229 e. The summed E-state index contributed by atoms with van der Waals surface area (Å²) in [6, 6.07) is 7.37. The van der Waals surface area contributed by atoms with Crippen LogP contribution in [-0.4, -0.2) is 77.5 Å². The fourth-order valence-electron chi connectivity index (χ4n) is 5.51. The Balaban J connectivity index is 1.21. The number of aryl methyl sites for hydroxylation is 1. The first kappa shape index (κ1) is 24.1. The van der Waals surface area contributed by atoms with Crippen LogP contribution in [0.2, 0.25) is 5.02 Å². The second-order valence-corrected chi connectivity index (χ2v) is 10.2. The maximum absolute atomic E-state index is 11.8. The smallest absolute Gasteiger partial charge is 0.229 e. The molecule has 0 aliphatic carbocycles. The molecule has 0 bridgehead atoms. The van der Waals surface area contributed by atoms with Gasteiger partial charge >= 0.3 is 0 Å². The lowest BCUT2D eigenvalue weighted by Crippen LogP contribution is -2.50. The van der Waals surface area contributed by atoms with Crippen molar-refractivity contribution in [3.63, 3.8) is 0 Å². The van der Waals surface area contributed by atoms with Gasteiger partial charge in [-0.3, -0.25) is 9.69 Å². The third-order valence-corrected chi connectivity index (χ3v) is 7.76. The van der Waals surface area contributed by atoms with Crippen LogP contribution in [0.1, 0.15) is 44.6 Å². The topological polar surface area (TPSA) is 76.6 Å². The van der Waals surface area contributed by atoms with Crippen molar-refractivity contribution in [1.82, 2.24) is 19.8 Å². The van der Waals surface area contributed by atoms with Gasteiger partial charge in [0.15, 0.2) is 0 Å².